The number of amides is 1. The number of nitrogens with zero attached hydrogens (tertiary/aromatic N) is 1. The van der Waals surface area contributed by atoms with Crippen LogP contribution in [0.25, 0.3) is 0 Å². The highest BCUT2D eigenvalue weighted by Crippen LogP contribution is 2.19. The first-order chi connectivity index (χ1) is 11.0. The van der Waals surface area contributed by atoms with Crippen LogP contribution in [0.15, 0.2) is 24.3 Å². The first kappa shape index (κ1) is 20.6. The van der Waals surface area contributed by atoms with Crippen molar-refractivity contribution in [1.82, 2.24) is 10.2 Å². The maximum atomic E-state index is 12.3. The van der Waals surface area contributed by atoms with Gasteiger partial charge in [-0.05, 0) is 57.6 Å². The monoisotopic (exact) mass is 363 g/mol. The van der Waals surface area contributed by atoms with Gasteiger partial charge in [0.25, 0.3) is 0 Å². The lowest BCUT2D eigenvalue weighted by atomic mass is 10.0. The Morgan fingerprint density at radius 3 is 2.58 bits per heavy atom. The van der Waals surface area contributed by atoms with Crippen molar-refractivity contribution in [2.24, 2.45) is 0 Å². The van der Waals surface area contributed by atoms with Gasteiger partial charge in [0, 0.05) is 18.3 Å². The third-order valence-corrected chi connectivity index (χ3v) is 4.14. The van der Waals surface area contributed by atoms with E-state index in [0.29, 0.717) is 11.7 Å². The molecule has 0 radical (unpaired) electrons. The van der Waals surface area contributed by atoms with Crippen molar-refractivity contribution < 1.29 is 18.3 Å². The molecule has 0 spiro atoms. The Balaban J connectivity index is 0.00000288. The quantitative estimate of drug-likeness (QED) is 0.816. The first-order valence-corrected chi connectivity index (χ1v) is 7.76. The summed E-state index contributed by atoms with van der Waals surface area (Å²) >= 11 is 0. The van der Waals surface area contributed by atoms with Crippen molar-refractivity contribution in [1.29, 1.82) is 0 Å². The van der Waals surface area contributed by atoms with E-state index in [9.17, 15) is 13.6 Å². The lowest BCUT2D eigenvalue weighted by Gasteiger charge is -2.35. The Bertz CT molecular complexity index is 517. The van der Waals surface area contributed by atoms with Gasteiger partial charge < -0.3 is 15.4 Å². The summed E-state index contributed by atoms with van der Waals surface area (Å²) in [5.41, 5.74) is 0.561. The minimum absolute atomic E-state index is 0. The zero-order valence-corrected chi connectivity index (χ0v) is 14.6. The molecule has 0 saturated carbocycles. The van der Waals surface area contributed by atoms with Gasteiger partial charge in [0.05, 0.1) is 6.04 Å². The molecule has 8 heteroatoms. The van der Waals surface area contributed by atoms with E-state index in [4.69, 9.17) is 0 Å². The average Bonchev–Trinajstić information content (AvgIpc) is 2.55. The van der Waals surface area contributed by atoms with Crippen LogP contribution in [0.4, 0.5) is 14.5 Å². The third kappa shape index (κ3) is 5.89. The maximum Gasteiger partial charge on any atom is 0.387 e. The Morgan fingerprint density at radius 1 is 1.33 bits per heavy atom. The molecule has 136 valence electrons. The maximum absolute atomic E-state index is 12.3. The topological polar surface area (TPSA) is 53.6 Å². The molecule has 1 aliphatic rings. The van der Waals surface area contributed by atoms with Crippen molar-refractivity contribution >= 4 is 24.0 Å². The van der Waals surface area contributed by atoms with Crippen LogP contribution >= 0.6 is 12.4 Å². The number of anilines is 1. The molecular formula is C16H24ClF2N3O2. The number of benzene rings is 1. The Labute approximate surface area is 147 Å². The number of hydrogen-bond donors (Lipinski definition) is 2. The van der Waals surface area contributed by atoms with Gasteiger partial charge in [-0.1, -0.05) is 0 Å². The van der Waals surface area contributed by atoms with Crippen LogP contribution in [-0.4, -0.2) is 49.6 Å². The number of likely N-dealkylation sites (tertiary alicyclic amines) is 1. The van der Waals surface area contributed by atoms with Gasteiger partial charge >= 0.3 is 6.61 Å². The summed E-state index contributed by atoms with van der Waals surface area (Å²) < 4.78 is 28.5. The van der Waals surface area contributed by atoms with Gasteiger partial charge in [-0.15, -0.1) is 12.4 Å². The molecule has 0 aliphatic carbocycles. The van der Waals surface area contributed by atoms with Crippen LogP contribution in [0.1, 0.15) is 19.8 Å². The number of likely N-dealkylation sites (N-methyl/N-ethyl adjacent to an activating group) is 1. The highest BCUT2D eigenvalue weighted by atomic mass is 35.5. The number of carbonyl (C=O) groups is 1. The second-order valence-corrected chi connectivity index (χ2v) is 5.69. The molecule has 1 aromatic carbocycles. The van der Waals surface area contributed by atoms with E-state index < -0.39 is 6.61 Å². The van der Waals surface area contributed by atoms with Gasteiger partial charge in [0.2, 0.25) is 5.91 Å². The molecule has 2 atom stereocenters. The first-order valence-electron chi connectivity index (χ1n) is 7.76. The number of rotatable bonds is 6. The molecule has 1 aromatic rings. The van der Waals surface area contributed by atoms with Crippen LogP contribution in [0.3, 0.4) is 0 Å². The van der Waals surface area contributed by atoms with E-state index in [0.717, 1.165) is 25.9 Å². The van der Waals surface area contributed by atoms with E-state index in [1.165, 1.54) is 12.1 Å². The zero-order chi connectivity index (χ0) is 16.8. The van der Waals surface area contributed by atoms with Crippen molar-refractivity contribution in [2.45, 2.75) is 38.5 Å². The fraction of sp³-hybridized carbons (Fsp3) is 0.562. The number of halogens is 3. The smallest absolute Gasteiger partial charge is 0.387 e. The highest BCUT2D eigenvalue weighted by Gasteiger charge is 2.26. The lowest BCUT2D eigenvalue weighted by molar-refractivity contribution is -0.121. The van der Waals surface area contributed by atoms with E-state index in [1.54, 1.807) is 12.1 Å². The van der Waals surface area contributed by atoms with Crippen molar-refractivity contribution in [3.8, 4) is 5.75 Å². The summed E-state index contributed by atoms with van der Waals surface area (Å²) in [6.07, 6.45) is 2.18. The van der Waals surface area contributed by atoms with Crippen molar-refractivity contribution in [2.75, 3.05) is 25.5 Å². The second kappa shape index (κ2) is 9.76. The predicted octanol–water partition coefficient (Wildman–Crippen LogP) is 2.72. The molecule has 2 unspecified atom stereocenters. The highest BCUT2D eigenvalue weighted by molar-refractivity contribution is 5.94. The molecule has 24 heavy (non-hydrogen) atoms. The van der Waals surface area contributed by atoms with E-state index >= 15 is 0 Å². The molecule has 0 aromatic heterocycles. The molecule has 0 bridgehead atoms. The summed E-state index contributed by atoms with van der Waals surface area (Å²) in [5, 5.41) is 6.06. The fourth-order valence-corrected chi connectivity index (χ4v) is 2.73. The SMILES string of the molecule is CNC1CCCN(C(C)C(=O)Nc2ccc(OC(F)F)cc2)C1.Cl. The van der Waals surface area contributed by atoms with Crippen LogP contribution in [0, 0.1) is 0 Å². The number of piperidine rings is 1. The lowest BCUT2D eigenvalue weighted by Crippen LogP contribution is -2.51. The van der Waals surface area contributed by atoms with E-state index in [1.807, 2.05) is 14.0 Å². The summed E-state index contributed by atoms with van der Waals surface area (Å²) in [7, 11) is 1.93. The van der Waals surface area contributed by atoms with Gasteiger partial charge in [0.15, 0.2) is 0 Å². The van der Waals surface area contributed by atoms with Gasteiger partial charge in [0.1, 0.15) is 5.75 Å². The predicted molar refractivity (Wildman–Crippen MR) is 92.1 cm³/mol. The van der Waals surface area contributed by atoms with Crippen molar-refractivity contribution in [3.63, 3.8) is 0 Å². The number of carbonyl (C=O) groups excluding carboxylic acids is 1. The number of nitrogens with one attached hydrogen (secondary N) is 2. The Morgan fingerprint density at radius 2 is 2.00 bits per heavy atom. The van der Waals surface area contributed by atoms with Gasteiger partial charge in [-0.3, -0.25) is 9.69 Å². The molecule has 1 amide bonds. The average molecular weight is 364 g/mol. The number of alkyl halides is 2. The largest absolute Gasteiger partial charge is 0.435 e. The van der Waals surface area contributed by atoms with Crippen molar-refractivity contribution in [3.05, 3.63) is 24.3 Å². The Kier molecular flexibility index (Phi) is 8.38. The fourth-order valence-electron chi connectivity index (χ4n) is 2.73. The standard InChI is InChI=1S/C16H23F2N3O2.ClH/c1-11(21-9-3-4-13(10-21)19-2)15(22)20-12-5-7-14(8-6-12)23-16(17)18;/h5-8,11,13,16,19H,3-4,9-10H2,1-2H3,(H,20,22);1H. The second-order valence-electron chi connectivity index (χ2n) is 5.69. The van der Waals surface area contributed by atoms with E-state index in [2.05, 4.69) is 20.3 Å². The summed E-state index contributed by atoms with van der Waals surface area (Å²) in [4.78, 5) is 14.5. The normalized spacial score (nSPS) is 19.5. The number of ether oxygens (including phenoxy) is 1. The number of hydrogen-bond acceptors (Lipinski definition) is 4. The van der Waals surface area contributed by atoms with Gasteiger partial charge in [-0.2, -0.15) is 8.78 Å². The molecule has 1 saturated heterocycles. The minimum Gasteiger partial charge on any atom is -0.435 e. The zero-order valence-electron chi connectivity index (χ0n) is 13.8. The van der Waals surface area contributed by atoms with Crippen LogP contribution < -0.4 is 15.4 Å². The Hall–Kier alpha value is -1.44. The van der Waals surface area contributed by atoms with Gasteiger partial charge in [-0.25, -0.2) is 0 Å². The molecule has 1 fully saturated rings. The summed E-state index contributed by atoms with van der Waals surface area (Å²) in [5.74, 6) is -0.0387. The van der Waals surface area contributed by atoms with Crippen LogP contribution in [-0.2, 0) is 4.79 Å². The third-order valence-electron chi connectivity index (χ3n) is 4.14. The molecule has 2 N–H and O–H groups in total. The minimum atomic E-state index is -2.85. The molecule has 1 aliphatic heterocycles. The van der Waals surface area contributed by atoms with Crippen LogP contribution in [0.5, 0.6) is 5.75 Å². The summed E-state index contributed by atoms with van der Waals surface area (Å²) in [6, 6.07) is 6.08. The molecule has 5 nitrogen and oxygen atoms in total. The molecule has 1 heterocycles. The van der Waals surface area contributed by atoms with Crippen LogP contribution in [0.2, 0.25) is 0 Å². The summed E-state index contributed by atoms with van der Waals surface area (Å²) in [6.45, 7) is 0.761. The molecule has 2 rings (SSSR count). The molecular weight excluding hydrogens is 340 g/mol. The van der Waals surface area contributed by atoms with E-state index in [-0.39, 0.29) is 30.1 Å².